The molecule has 0 aliphatic carbocycles. The highest BCUT2D eigenvalue weighted by Crippen LogP contribution is 2.38. The summed E-state index contributed by atoms with van der Waals surface area (Å²) in [4.78, 5) is 25.3. The average molecular weight is 414 g/mol. The van der Waals surface area contributed by atoms with Crippen LogP contribution in [0.3, 0.4) is 0 Å². The smallest absolute Gasteiger partial charge is 0.407 e. The van der Waals surface area contributed by atoms with Crippen LogP contribution in [0.15, 0.2) is 6.07 Å². The van der Waals surface area contributed by atoms with Gasteiger partial charge in [0.1, 0.15) is 16.9 Å². The third-order valence-electron chi connectivity index (χ3n) is 4.38. The molecular weight excluding hydrogens is 386 g/mol. The average Bonchev–Trinajstić information content (AvgIpc) is 3.08. The topological polar surface area (TPSA) is 77.1 Å². The summed E-state index contributed by atoms with van der Waals surface area (Å²) in [5, 5.41) is 2.70. The van der Waals surface area contributed by atoms with Crippen molar-refractivity contribution in [2.45, 2.75) is 39.7 Å². The second kappa shape index (κ2) is 9.28. The molecule has 2 rings (SSSR count). The molecule has 0 saturated carbocycles. The van der Waals surface area contributed by atoms with E-state index >= 15 is 0 Å². The summed E-state index contributed by atoms with van der Waals surface area (Å²) in [5.74, 6) is -2.99. The molecule has 1 N–H and O–H groups in total. The van der Waals surface area contributed by atoms with Crippen LogP contribution in [0, 0.1) is 17.6 Å². The number of alkyl carbamates (subject to hydrolysis) is 1. The second-order valence-corrected chi connectivity index (χ2v) is 7.81. The Bertz CT molecular complexity index is 764. The summed E-state index contributed by atoms with van der Waals surface area (Å²) in [6.45, 7) is 8.12. The molecule has 1 aliphatic rings. The Kier molecular flexibility index (Phi) is 7.26. The Hall–Kier alpha value is -2.58. The van der Waals surface area contributed by atoms with Gasteiger partial charge in [-0.1, -0.05) is 0 Å². The van der Waals surface area contributed by atoms with Gasteiger partial charge in [-0.05, 0) is 46.1 Å². The van der Waals surface area contributed by atoms with Gasteiger partial charge < -0.3 is 24.4 Å². The quantitative estimate of drug-likeness (QED) is 0.718. The number of carbonyl (C=O) groups excluding carboxylic acids is 2. The zero-order valence-corrected chi connectivity index (χ0v) is 17.4. The van der Waals surface area contributed by atoms with E-state index in [-0.39, 0.29) is 24.0 Å². The third kappa shape index (κ3) is 5.71. The molecule has 162 valence electrons. The molecule has 0 bridgehead atoms. The predicted octanol–water partition coefficient (Wildman–Crippen LogP) is 3.50. The molecule has 1 unspecified atom stereocenters. The fraction of sp³-hybridized carbons (Fsp3) is 0.600. The number of amides is 1. The van der Waals surface area contributed by atoms with Crippen LogP contribution >= 0.6 is 0 Å². The van der Waals surface area contributed by atoms with E-state index < -0.39 is 34.9 Å². The van der Waals surface area contributed by atoms with Crippen molar-refractivity contribution in [3.8, 4) is 5.75 Å². The molecule has 7 nitrogen and oxygen atoms in total. The summed E-state index contributed by atoms with van der Waals surface area (Å²) >= 11 is 0. The van der Waals surface area contributed by atoms with Crippen LogP contribution in [-0.2, 0) is 9.47 Å². The minimum atomic E-state index is -0.960. The van der Waals surface area contributed by atoms with Crippen LogP contribution in [-0.4, -0.2) is 51.0 Å². The zero-order chi connectivity index (χ0) is 21.8. The molecule has 1 saturated heterocycles. The first-order valence-electron chi connectivity index (χ1n) is 9.52. The standard InChI is InChI=1S/C20H28F2N2O5/c1-6-28-18(25)13-9-14(21)16(17(27-5)15(13)22)24-8-7-12(11-24)10-23-19(26)29-20(2,3)4/h9,12H,6-8,10-11H2,1-5H3,(H,23,26). The summed E-state index contributed by atoms with van der Waals surface area (Å²) in [5.41, 5.74) is -1.15. The van der Waals surface area contributed by atoms with Gasteiger partial charge in [-0.15, -0.1) is 0 Å². The van der Waals surface area contributed by atoms with Crippen molar-refractivity contribution in [2.24, 2.45) is 5.92 Å². The molecule has 0 aromatic heterocycles. The molecule has 29 heavy (non-hydrogen) atoms. The number of rotatable bonds is 6. The molecule has 1 heterocycles. The summed E-state index contributed by atoms with van der Waals surface area (Å²) in [6.07, 6.45) is 0.143. The van der Waals surface area contributed by atoms with Crippen LogP contribution in [0.2, 0.25) is 0 Å². The molecule has 1 aliphatic heterocycles. The van der Waals surface area contributed by atoms with Crippen LogP contribution in [0.1, 0.15) is 44.5 Å². The lowest BCUT2D eigenvalue weighted by molar-refractivity contribution is 0.0510. The van der Waals surface area contributed by atoms with E-state index in [9.17, 15) is 18.4 Å². The number of carbonyl (C=O) groups is 2. The fourth-order valence-corrected chi connectivity index (χ4v) is 3.18. The Balaban J connectivity index is 2.12. The van der Waals surface area contributed by atoms with Crippen molar-refractivity contribution in [1.82, 2.24) is 5.32 Å². The normalized spacial score (nSPS) is 16.5. The molecule has 1 aromatic carbocycles. The van der Waals surface area contributed by atoms with Crippen molar-refractivity contribution in [3.63, 3.8) is 0 Å². The zero-order valence-electron chi connectivity index (χ0n) is 17.4. The number of hydrogen-bond donors (Lipinski definition) is 1. The van der Waals surface area contributed by atoms with E-state index in [1.807, 2.05) is 0 Å². The van der Waals surface area contributed by atoms with E-state index in [1.54, 1.807) is 32.6 Å². The number of nitrogens with zero attached hydrogens (tertiary/aromatic N) is 1. The SMILES string of the molecule is CCOC(=O)c1cc(F)c(N2CCC(CNC(=O)OC(C)(C)C)C2)c(OC)c1F. The number of ether oxygens (including phenoxy) is 3. The van der Waals surface area contributed by atoms with Crippen molar-refractivity contribution >= 4 is 17.7 Å². The summed E-state index contributed by atoms with van der Waals surface area (Å²) in [7, 11) is 1.22. The van der Waals surface area contributed by atoms with Gasteiger partial charge in [0.05, 0.1) is 13.7 Å². The maximum Gasteiger partial charge on any atom is 0.407 e. The Labute approximate surface area is 169 Å². The van der Waals surface area contributed by atoms with E-state index in [2.05, 4.69) is 5.32 Å². The van der Waals surface area contributed by atoms with Crippen LogP contribution in [0.4, 0.5) is 19.3 Å². The van der Waals surface area contributed by atoms with Gasteiger partial charge in [0.25, 0.3) is 0 Å². The summed E-state index contributed by atoms with van der Waals surface area (Å²) in [6, 6.07) is 0.831. The lowest BCUT2D eigenvalue weighted by atomic mass is 10.1. The number of halogens is 2. The minimum absolute atomic E-state index is 0.0272. The Morgan fingerprint density at radius 2 is 2.00 bits per heavy atom. The largest absolute Gasteiger partial charge is 0.491 e. The molecule has 0 radical (unpaired) electrons. The number of methoxy groups -OCH3 is 1. The fourth-order valence-electron chi connectivity index (χ4n) is 3.18. The minimum Gasteiger partial charge on any atom is -0.491 e. The van der Waals surface area contributed by atoms with Gasteiger partial charge in [-0.25, -0.2) is 18.4 Å². The van der Waals surface area contributed by atoms with Gasteiger partial charge in [-0.3, -0.25) is 0 Å². The highest BCUT2D eigenvalue weighted by atomic mass is 19.1. The molecule has 1 atom stereocenters. The number of esters is 1. The maximum atomic E-state index is 14.8. The van der Waals surface area contributed by atoms with Crippen molar-refractivity contribution in [2.75, 3.05) is 38.3 Å². The van der Waals surface area contributed by atoms with E-state index in [0.29, 0.717) is 26.1 Å². The van der Waals surface area contributed by atoms with Crippen molar-refractivity contribution < 1.29 is 32.6 Å². The molecule has 9 heteroatoms. The second-order valence-electron chi connectivity index (χ2n) is 7.81. The first-order valence-corrected chi connectivity index (χ1v) is 9.52. The van der Waals surface area contributed by atoms with Gasteiger partial charge in [0.15, 0.2) is 17.4 Å². The van der Waals surface area contributed by atoms with Gasteiger partial charge in [0.2, 0.25) is 0 Å². The number of benzene rings is 1. The highest BCUT2D eigenvalue weighted by molar-refractivity contribution is 5.91. The van der Waals surface area contributed by atoms with Gasteiger partial charge >= 0.3 is 12.1 Å². The maximum absolute atomic E-state index is 14.8. The van der Waals surface area contributed by atoms with E-state index in [0.717, 1.165) is 6.07 Å². The lowest BCUT2D eigenvalue weighted by Gasteiger charge is -2.23. The number of hydrogen-bond acceptors (Lipinski definition) is 6. The Morgan fingerprint density at radius 1 is 1.31 bits per heavy atom. The predicted molar refractivity (Wildman–Crippen MR) is 103 cm³/mol. The number of anilines is 1. The highest BCUT2D eigenvalue weighted by Gasteiger charge is 2.32. The molecule has 1 aromatic rings. The first kappa shape index (κ1) is 22.7. The van der Waals surface area contributed by atoms with Crippen LogP contribution in [0.5, 0.6) is 5.75 Å². The lowest BCUT2D eigenvalue weighted by Crippen LogP contribution is -2.36. The van der Waals surface area contributed by atoms with Crippen molar-refractivity contribution in [3.05, 3.63) is 23.3 Å². The number of nitrogens with one attached hydrogen (secondary N) is 1. The monoisotopic (exact) mass is 414 g/mol. The third-order valence-corrected chi connectivity index (χ3v) is 4.38. The summed E-state index contributed by atoms with van der Waals surface area (Å²) < 4.78 is 44.6. The Morgan fingerprint density at radius 3 is 2.59 bits per heavy atom. The molecule has 1 amide bonds. The van der Waals surface area contributed by atoms with E-state index in [4.69, 9.17) is 14.2 Å². The van der Waals surface area contributed by atoms with Gasteiger partial charge in [0, 0.05) is 19.6 Å². The van der Waals surface area contributed by atoms with Crippen LogP contribution in [0.25, 0.3) is 0 Å². The van der Waals surface area contributed by atoms with E-state index in [1.165, 1.54) is 7.11 Å². The molecular formula is C20H28F2N2O5. The van der Waals surface area contributed by atoms with Crippen LogP contribution < -0.4 is 15.0 Å². The first-order chi connectivity index (χ1) is 13.6. The molecule has 0 spiro atoms. The van der Waals surface area contributed by atoms with Crippen molar-refractivity contribution in [1.29, 1.82) is 0 Å². The van der Waals surface area contributed by atoms with Gasteiger partial charge in [-0.2, -0.15) is 0 Å². The molecule has 1 fully saturated rings.